The van der Waals surface area contributed by atoms with Gasteiger partial charge in [-0.2, -0.15) is 0 Å². The number of amides is 1. The second-order valence-corrected chi connectivity index (χ2v) is 5.06. The highest BCUT2D eigenvalue weighted by Gasteiger charge is 2.15. The number of rotatable bonds is 5. The number of carboxylic acid groups (broad SMARTS) is 1. The summed E-state index contributed by atoms with van der Waals surface area (Å²) in [5.41, 5.74) is 1.62. The Morgan fingerprint density at radius 1 is 1.39 bits per heavy atom. The van der Waals surface area contributed by atoms with Crippen LogP contribution < -0.4 is 0 Å². The maximum absolute atomic E-state index is 12.1. The van der Waals surface area contributed by atoms with Crippen LogP contribution in [0, 0.1) is 6.92 Å². The van der Waals surface area contributed by atoms with Gasteiger partial charge in [-0.25, -0.2) is 0 Å². The number of aliphatic carboxylic acids is 1. The number of hydrogen-bond donors (Lipinski definition) is 1. The van der Waals surface area contributed by atoms with Crippen LogP contribution in [0.15, 0.2) is 22.7 Å². The van der Waals surface area contributed by atoms with Gasteiger partial charge >= 0.3 is 5.97 Å². The van der Waals surface area contributed by atoms with Gasteiger partial charge in [0, 0.05) is 24.5 Å². The van der Waals surface area contributed by atoms with Crippen LogP contribution in [-0.4, -0.2) is 35.5 Å². The Morgan fingerprint density at radius 2 is 2.06 bits per heavy atom. The molecule has 0 spiro atoms. The van der Waals surface area contributed by atoms with Crippen molar-refractivity contribution in [2.24, 2.45) is 0 Å². The van der Waals surface area contributed by atoms with Gasteiger partial charge in [0.2, 0.25) is 0 Å². The summed E-state index contributed by atoms with van der Waals surface area (Å²) in [6.07, 6.45) is 0.535. The van der Waals surface area contributed by atoms with Gasteiger partial charge in [0.15, 0.2) is 0 Å². The molecule has 4 nitrogen and oxygen atoms in total. The Morgan fingerprint density at radius 3 is 2.67 bits per heavy atom. The number of benzene rings is 1. The number of carboxylic acids is 1. The summed E-state index contributed by atoms with van der Waals surface area (Å²) in [5.74, 6) is -0.941. The zero-order chi connectivity index (χ0) is 13.7. The Balaban J connectivity index is 2.68. The summed E-state index contributed by atoms with van der Waals surface area (Å²) >= 11 is 3.35. The summed E-state index contributed by atoms with van der Waals surface area (Å²) in [6.45, 7) is 2.36. The van der Waals surface area contributed by atoms with Crippen LogP contribution in [0.4, 0.5) is 0 Å². The Labute approximate surface area is 115 Å². The fourth-order valence-corrected chi connectivity index (χ4v) is 1.99. The minimum Gasteiger partial charge on any atom is -0.481 e. The molecule has 1 N–H and O–H groups in total. The molecule has 0 fully saturated rings. The molecular weight excluding hydrogens is 298 g/mol. The molecule has 0 aliphatic rings. The van der Waals surface area contributed by atoms with Crippen molar-refractivity contribution < 1.29 is 14.7 Å². The molecule has 1 rings (SSSR count). The van der Waals surface area contributed by atoms with E-state index in [0.29, 0.717) is 18.5 Å². The molecule has 0 aliphatic carbocycles. The second-order valence-electron chi connectivity index (χ2n) is 4.21. The van der Waals surface area contributed by atoms with Gasteiger partial charge in [0.05, 0.1) is 5.56 Å². The van der Waals surface area contributed by atoms with E-state index >= 15 is 0 Å². The van der Waals surface area contributed by atoms with Gasteiger partial charge in [-0.15, -0.1) is 0 Å². The van der Waals surface area contributed by atoms with Crippen molar-refractivity contribution in [3.8, 4) is 0 Å². The lowest BCUT2D eigenvalue weighted by atomic mass is 10.1. The highest BCUT2D eigenvalue weighted by molar-refractivity contribution is 9.10. The summed E-state index contributed by atoms with van der Waals surface area (Å²) in [4.78, 5) is 24.1. The van der Waals surface area contributed by atoms with E-state index < -0.39 is 5.97 Å². The van der Waals surface area contributed by atoms with Crippen molar-refractivity contribution in [1.29, 1.82) is 0 Å². The van der Waals surface area contributed by atoms with Gasteiger partial charge in [0.25, 0.3) is 5.91 Å². The lowest BCUT2D eigenvalue weighted by molar-refractivity contribution is -0.137. The molecular formula is C13H16BrNO3. The molecule has 1 aromatic rings. The molecule has 0 saturated carbocycles. The van der Waals surface area contributed by atoms with Gasteiger partial charge in [0.1, 0.15) is 0 Å². The van der Waals surface area contributed by atoms with E-state index in [1.165, 1.54) is 0 Å². The molecule has 0 radical (unpaired) electrons. The zero-order valence-corrected chi connectivity index (χ0v) is 12.0. The highest BCUT2D eigenvalue weighted by atomic mass is 79.9. The van der Waals surface area contributed by atoms with E-state index in [0.717, 1.165) is 10.0 Å². The number of hydrogen-bond acceptors (Lipinski definition) is 2. The van der Waals surface area contributed by atoms with Crippen molar-refractivity contribution in [2.75, 3.05) is 13.6 Å². The third-order valence-corrected chi connectivity index (χ3v) is 3.27. The fourth-order valence-electron chi connectivity index (χ4n) is 1.58. The Bertz CT molecular complexity index is 460. The Hall–Kier alpha value is -1.36. The maximum Gasteiger partial charge on any atom is 0.303 e. The van der Waals surface area contributed by atoms with Gasteiger partial charge < -0.3 is 10.0 Å². The fraction of sp³-hybridized carbons (Fsp3) is 0.385. The molecule has 0 aromatic heterocycles. The van der Waals surface area contributed by atoms with E-state index in [9.17, 15) is 9.59 Å². The van der Waals surface area contributed by atoms with Crippen molar-refractivity contribution in [1.82, 2.24) is 4.90 Å². The first kappa shape index (κ1) is 14.7. The number of carbonyl (C=O) groups is 2. The van der Waals surface area contributed by atoms with E-state index in [1.807, 2.05) is 25.1 Å². The van der Waals surface area contributed by atoms with Crippen molar-refractivity contribution in [3.05, 3.63) is 33.8 Å². The van der Waals surface area contributed by atoms with Crippen LogP contribution >= 0.6 is 15.9 Å². The first-order valence-electron chi connectivity index (χ1n) is 5.65. The molecule has 1 aromatic carbocycles. The Kier molecular flexibility index (Phi) is 5.34. The molecule has 5 heteroatoms. The number of carbonyl (C=O) groups excluding carboxylic acids is 1. The average Bonchev–Trinajstić information content (AvgIpc) is 2.30. The standard InChI is InChI=1S/C13H16BrNO3/c1-9-5-6-11(14)10(8-9)13(18)15(2)7-3-4-12(16)17/h5-6,8H,3-4,7H2,1-2H3,(H,16,17). The number of halogens is 1. The maximum atomic E-state index is 12.1. The minimum absolute atomic E-state index is 0.0760. The SMILES string of the molecule is Cc1ccc(Br)c(C(=O)N(C)CCCC(=O)O)c1. The van der Waals surface area contributed by atoms with E-state index in [4.69, 9.17) is 5.11 Å². The molecule has 1 amide bonds. The summed E-state index contributed by atoms with van der Waals surface area (Å²) in [7, 11) is 1.68. The monoisotopic (exact) mass is 313 g/mol. The van der Waals surface area contributed by atoms with Crippen LogP contribution in [0.1, 0.15) is 28.8 Å². The van der Waals surface area contributed by atoms with Crippen LogP contribution in [0.5, 0.6) is 0 Å². The number of aryl methyl sites for hydroxylation is 1. The lowest BCUT2D eigenvalue weighted by Gasteiger charge is -2.17. The molecule has 98 valence electrons. The van der Waals surface area contributed by atoms with E-state index in [-0.39, 0.29) is 12.3 Å². The van der Waals surface area contributed by atoms with Gasteiger partial charge in [-0.05, 0) is 41.4 Å². The second kappa shape index (κ2) is 6.54. The molecule has 18 heavy (non-hydrogen) atoms. The van der Waals surface area contributed by atoms with Crippen LogP contribution in [-0.2, 0) is 4.79 Å². The molecule has 0 heterocycles. The van der Waals surface area contributed by atoms with Crippen LogP contribution in [0.25, 0.3) is 0 Å². The third-order valence-electron chi connectivity index (χ3n) is 2.58. The normalized spacial score (nSPS) is 10.2. The predicted molar refractivity (Wildman–Crippen MR) is 72.7 cm³/mol. The largest absolute Gasteiger partial charge is 0.481 e. The summed E-state index contributed by atoms with van der Waals surface area (Å²) < 4.78 is 0.753. The van der Waals surface area contributed by atoms with Gasteiger partial charge in [-0.1, -0.05) is 11.6 Å². The molecule has 0 bridgehead atoms. The smallest absolute Gasteiger partial charge is 0.303 e. The number of nitrogens with zero attached hydrogens (tertiary/aromatic N) is 1. The zero-order valence-electron chi connectivity index (χ0n) is 10.4. The minimum atomic E-state index is -0.840. The molecule has 0 unspecified atom stereocenters. The van der Waals surface area contributed by atoms with Crippen LogP contribution in [0.3, 0.4) is 0 Å². The summed E-state index contributed by atoms with van der Waals surface area (Å²) in [6, 6.07) is 5.58. The summed E-state index contributed by atoms with van der Waals surface area (Å²) in [5, 5.41) is 8.55. The van der Waals surface area contributed by atoms with E-state index in [1.54, 1.807) is 11.9 Å². The van der Waals surface area contributed by atoms with Crippen molar-refractivity contribution >= 4 is 27.8 Å². The quantitative estimate of drug-likeness (QED) is 0.909. The average molecular weight is 314 g/mol. The van der Waals surface area contributed by atoms with Crippen LogP contribution in [0.2, 0.25) is 0 Å². The predicted octanol–water partition coefficient (Wildman–Crippen LogP) is 2.69. The lowest BCUT2D eigenvalue weighted by Crippen LogP contribution is -2.28. The molecule has 0 aliphatic heterocycles. The molecule has 0 atom stereocenters. The third kappa shape index (κ3) is 4.14. The molecule has 0 saturated heterocycles. The van der Waals surface area contributed by atoms with Gasteiger partial charge in [-0.3, -0.25) is 9.59 Å². The topological polar surface area (TPSA) is 57.6 Å². The van der Waals surface area contributed by atoms with Crippen molar-refractivity contribution in [3.63, 3.8) is 0 Å². The first-order chi connectivity index (χ1) is 8.41. The van der Waals surface area contributed by atoms with E-state index in [2.05, 4.69) is 15.9 Å². The first-order valence-corrected chi connectivity index (χ1v) is 6.44. The highest BCUT2D eigenvalue weighted by Crippen LogP contribution is 2.19. The van der Waals surface area contributed by atoms with Crippen molar-refractivity contribution in [2.45, 2.75) is 19.8 Å².